The number of anilines is 2. The Balaban J connectivity index is 1.69. The molecule has 0 amide bonds. The second-order valence-corrected chi connectivity index (χ2v) is 6.33. The van der Waals surface area contributed by atoms with E-state index in [-0.39, 0.29) is 5.60 Å². The fraction of sp³-hybridized carbons (Fsp3) is 0.667. The van der Waals surface area contributed by atoms with Crippen molar-refractivity contribution in [2.75, 3.05) is 31.3 Å². The van der Waals surface area contributed by atoms with E-state index in [9.17, 15) is 0 Å². The van der Waals surface area contributed by atoms with Gasteiger partial charge in [0.25, 0.3) is 0 Å². The predicted molar refractivity (Wildman–Crippen MR) is 73.9 cm³/mol. The summed E-state index contributed by atoms with van der Waals surface area (Å²) in [5.41, 5.74) is 11.3. The maximum Gasteiger partial charge on any atom is 0.191 e. The molecular formula is C12H18N4O2S. The minimum absolute atomic E-state index is 0.0955. The molecule has 6 nitrogen and oxygen atoms in total. The van der Waals surface area contributed by atoms with Crippen molar-refractivity contribution < 1.29 is 9.47 Å². The van der Waals surface area contributed by atoms with Crippen LogP contribution in [0.15, 0.2) is 11.2 Å². The summed E-state index contributed by atoms with van der Waals surface area (Å²) >= 11 is 1.64. The number of nitrogen functional groups attached to an aromatic ring is 2. The highest BCUT2D eigenvalue weighted by atomic mass is 32.2. The van der Waals surface area contributed by atoms with E-state index < -0.39 is 0 Å². The SMILES string of the molecule is Nc1cc(N)nc(SC2CCOC3(CCOC3)C2)n1. The molecule has 2 atom stereocenters. The normalized spacial score (nSPS) is 30.8. The molecule has 3 rings (SSSR count). The molecule has 0 aromatic carbocycles. The Morgan fingerprint density at radius 2 is 2.05 bits per heavy atom. The molecule has 2 aliphatic heterocycles. The van der Waals surface area contributed by atoms with Crippen molar-refractivity contribution in [3.05, 3.63) is 6.07 Å². The molecule has 2 fully saturated rings. The Hall–Kier alpha value is -1.05. The van der Waals surface area contributed by atoms with E-state index in [1.54, 1.807) is 17.8 Å². The van der Waals surface area contributed by atoms with Gasteiger partial charge in [-0.3, -0.25) is 0 Å². The van der Waals surface area contributed by atoms with Gasteiger partial charge in [-0.2, -0.15) is 0 Å². The van der Waals surface area contributed by atoms with Gasteiger partial charge in [-0.15, -0.1) is 0 Å². The van der Waals surface area contributed by atoms with Gasteiger partial charge < -0.3 is 20.9 Å². The van der Waals surface area contributed by atoms with Gasteiger partial charge in [0.2, 0.25) is 0 Å². The molecule has 0 radical (unpaired) electrons. The summed E-state index contributed by atoms with van der Waals surface area (Å²) < 4.78 is 11.4. The lowest BCUT2D eigenvalue weighted by Crippen LogP contribution is -2.41. The molecule has 2 unspecified atom stereocenters. The van der Waals surface area contributed by atoms with Crippen molar-refractivity contribution in [2.45, 2.75) is 35.3 Å². The van der Waals surface area contributed by atoms with Gasteiger partial charge in [0.05, 0.1) is 12.2 Å². The van der Waals surface area contributed by atoms with Crippen LogP contribution in [0, 0.1) is 0 Å². The monoisotopic (exact) mass is 282 g/mol. The molecule has 19 heavy (non-hydrogen) atoms. The number of ether oxygens (including phenoxy) is 2. The molecule has 2 saturated heterocycles. The first-order valence-corrected chi connectivity index (χ1v) is 7.32. The first-order chi connectivity index (χ1) is 9.15. The third-order valence-corrected chi connectivity index (χ3v) is 4.66. The fourth-order valence-electron chi connectivity index (χ4n) is 2.61. The Labute approximate surface area is 116 Å². The van der Waals surface area contributed by atoms with E-state index in [2.05, 4.69) is 9.97 Å². The van der Waals surface area contributed by atoms with Crippen LogP contribution in [0.4, 0.5) is 11.6 Å². The van der Waals surface area contributed by atoms with Crippen molar-refractivity contribution in [3.8, 4) is 0 Å². The Morgan fingerprint density at radius 1 is 1.26 bits per heavy atom. The van der Waals surface area contributed by atoms with E-state index in [0.717, 1.165) is 32.5 Å². The lowest BCUT2D eigenvalue weighted by molar-refractivity contribution is -0.0769. The highest BCUT2D eigenvalue weighted by Crippen LogP contribution is 2.39. The quantitative estimate of drug-likeness (QED) is 0.783. The van der Waals surface area contributed by atoms with Crippen molar-refractivity contribution in [1.29, 1.82) is 0 Å². The van der Waals surface area contributed by atoms with E-state index in [0.29, 0.717) is 28.6 Å². The van der Waals surface area contributed by atoms with Gasteiger partial charge in [-0.05, 0) is 12.8 Å². The van der Waals surface area contributed by atoms with Crippen LogP contribution >= 0.6 is 11.8 Å². The molecule has 104 valence electrons. The minimum atomic E-state index is -0.0955. The summed E-state index contributed by atoms with van der Waals surface area (Å²) in [5.74, 6) is 0.835. The standard InChI is InChI=1S/C12H18N4O2S/c13-9-5-10(14)16-11(15-9)19-8-1-3-18-12(6-8)2-4-17-7-12/h5,8H,1-4,6-7H2,(H4,13,14,15,16). The number of aromatic nitrogens is 2. The summed E-state index contributed by atoms with van der Waals surface area (Å²) in [7, 11) is 0. The fourth-order valence-corrected chi connectivity index (χ4v) is 3.83. The number of hydrogen-bond acceptors (Lipinski definition) is 7. The van der Waals surface area contributed by atoms with Gasteiger partial charge in [-0.25, -0.2) is 9.97 Å². The highest BCUT2D eigenvalue weighted by molar-refractivity contribution is 7.99. The number of rotatable bonds is 2. The van der Waals surface area contributed by atoms with Crippen molar-refractivity contribution >= 4 is 23.4 Å². The predicted octanol–water partition coefficient (Wildman–Crippen LogP) is 1.07. The topological polar surface area (TPSA) is 96.3 Å². The molecule has 0 saturated carbocycles. The van der Waals surface area contributed by atoms with Crippen LogP contribution in [0.25, 0.3) is 0 Å². The van der Waals surface area contributed by atoms with Crippen molar-refractivity contribution in [1.82, 2.24) is 9.97 Å². The molecule has 4 N–H and O–H groups in total. The molecule has 0 aliphatic carbocycles. The van der Waals surface area contributed by atoms with Gasteiger partial charge in [0, 0.05) is 31.0 Å². The van der Waals surface area contributed by atoms with Crippen LogP contribution < -0.4 is 11.5 Å². The zero-order valence-electron chi connectivity index (χ0n) is 10.7. The van der Waals surface area contributed by atoms with Crippen LogP contribution in [0.3, 0.4) is 0 Å². The van der Waals surface area contributed by atoms with Crippen LogP contribution in [0.1, 0.15) is 19.3 Å². The number of thioether (sulfide) groups is 1. The molecule has 1 spiro atoms. The zero-order chi connectivity index (χ0) is 13.3. The van der Waals surface area contributed by atoms with E-state index in [1.807, 2.05) is 0 Å². The van der Waals surface area contributed by atoms with E-state index in [4.69, 9.17) is 20.9 Å². The van der Waals surface area contributed by atoms with Gasteiger partial charge in [0.1, 0.15) is 11.6 Å². The minimum Gasteiger partial charge on any atom is -0.383 e. The van der Waals surface area contributed by atoms with Crippen molar-refractivity contribution in [2.24, 2.45) is 0 Å². The van der Waals surface area contributed by atoms with Crippen LogP contribution in [-0.2, 0) is 9.47 Å². The van der Waals surface area contributed by atoms with Crippen LogP contribution in [-0.4, -0.2) is 40.6 Å². The summed E-state index contributed by atoms with van der Waals surface area (Å²) in [6.45, 7) is 2.25. The molecule has 3 heterocycles. The Bertz CT molecular complexity index is 445. The molecule has 1 aromatic rings. The first-order valence-electron chi connectivity index (χ1n) is 6.44. The average Bonchev–Trinajstić information content (AvgIpc) is 2.76. The van der Waals surface area contributed by atoms with E-state index in [1.165, 1.54) is 0 Å². The number of nitrogens with zero attached hydrogens (tertiary/aromatic N) is 2. The molecule has 2 aliphatic rings. The molecule has 1 aromatic heterocycles. The third kappa shape index (κ3) is 2.93. The Kier molecular flexibility index (Phi) is 3.51. The number of nitrogens with two attached hydrogens (primary N) is 2. The lowest BCUT2D eigenvalue weighted by atomic mass is 9.93. The molecule has 7 heteroatoms. The van der Waals surface area contributed by atoms with Crippen LogP contribution in [0.5, 0.6) is 0 Å². The van der Waals surface area contributed by atoms with Crippen molar-refractivity contribution in [3.63, 3.8) is 0 Å². The maximum absolute atomic E-state index is 5.91. The largest absolute Gasteiger partial charge is 0.383 e. The maximum atomic E-state index is 5.91. The summed E-state index contributed by atoms with van der Waals surface area (Å²) in [6.07, 6.45) is 2.93. The first kappa shape index (κ1) is 13.0. The second-order valence-electron chi connectivity index (χ2n) is 5.07. The smallest absolute Gasteiger partial charge is 0.191 e. The lowest BCUT2D eigenvalue weighted by Gasteiger charge is -2.36. The zero-order valence-corrected chi connectivity index (χ0v) is 11.5. The van der Waals surface area contributed by atoms with E-state index >= 15 is 0 Å². The van der Waals surface area contributed by atoms with Gasteiger partial charge in [-0.1, -0.05) is 11.8 Å². The van der Waals surface area contributed by atoms with Gasteiger partial charge in [0.15, 0.2) is 5.16 Å². The van der Waals surface area contributed by atoms with Gasteiger partial charge >= 0.3 is 0 Å². The average molecular weight is 282 g/mol. The molecular weight excluding hydrogens is 264 g/mol. The van der Waals surface area contributed by atoms with Crippen LogP contribution in [0.2, 0.25) is 0 Å². The second kappa shape index (κ2) is 5.15. The Morgan fingerprint density at radius 3 is 2.74 bits per heavy atom. The summed E-state index contributed by atoms with van der Waals surface area (Å²) in [4.78, 5) is 8.44. The summed E-state index contributed by atoms with van der Waals surface area (Å²) in [6, 6.07) is 1.57. The molecule has 0 bridgehead atoms. The summed E-state index contributed by atoms with van der Waals surface area (Å²) in [5, 5.41) is 1.08. The number of hydrogen-bond donors (Lipinski definition) is 2. The highest BCUT2D eigenvalue weighted by Gasteiger charge is 2.41. The third-order valence-electron chi connectivity index (χ3n) is 3.53.